The minimum absolute atomic E-state index is 0.0762. The van der Waals surface area contributed by atoms with E-state index in [0.717, 1.165) is 29.5 Å². The average Bonchev–Trinajstić information content (AvgIpc) is 2.95. The fourth-order valence-electron chi connectivity index (χ4n) is 2.32. The van der Waals surface area contributed by atoms with Gasteiger partial charge in [-0.3, -0.25) is 9.59 Å². The van der Waals surface area contributed by atoms with Crippen LogP contribution in [0.25, 0.3) is 0 Å². The van der Waals surface area contributed by atoms with Crippen LogP contribution in [0.2, 0.25) is 0 Å². The highest BCUT2D eigenvalue weighted by Crippen LogP contribution is 2.27. The molecule has 0 aliphatic heterocycles. The van der Waals surface area contributed by atoms with Crippen LogP contribution in [0.3, 0.4) is 0 Å². The highest BCUT2D eigenvalue weighted by atomic mass is 79.9. The second-order valence-electron chi connectivity index (χ2n) is 4.40. The Morgan fingerprint density at radius 1 is 1.44 bits per heavy atom. The molecule has 1 heterocycles. The molecule has 1 aliphatic carbocycles. The second kappa shape index (κ2) is 5.84. The molecule has 1 amide bonds. The van der Waals surface area contributed by atoms with E-state index in [1.54, 1.807) is 11.4 Å². The molecule has 1 fully saturated rings. The van der Waals surface area contributed by atoms with Gasteiger partial charge in [0.2, 0.25) is 0 Å². The minimum atomic E-state index is -0.954. The second-order valence-corrected chi connectivity index (χ2v) is 6.70. The normalized spacial score (nSPS) is 15.8. The van der Waals surface area contributed by atoms with Crippen molar-refractivity contribution in [3.05, 3.63) is 20.8 Å². The summed E-state index contributed by atoms with van der Waals surface area (Å²) < 4.78 is 0.882. The number of thiophene rings is 1. The number of hydrogen-bond acceptors (Lipinski definition) is 3. The summed E-state index contributed by atoms with van der Waals surface area (Å²) in [7, 11) is 0. The van der Waals surface area contributed by atoms with Crippen LogP contribution in [-0.4, -0.2) is 34.5 Å². The summed E-state index contributed by atoms with van der Waals surface area (Å²) in [4.78, 5) is 24.7. The van der Waals surface area contributed by atoms with Crippen LogP contribution >= 0.6 is 27.3 Å². The van der Waals surface area contributed by atoms with Crippen molar-refractivity contribution in [2.45, 2.75) is 31.7 Å². The summed E-state index contributed by atoms with van der Waals surface area (Å²) in [6.45, 7) is -0.211. The first-order valence-corrected chi connectivity index (χ1v) is 7.52. The number of carboxylic acid groups (broad SMARTS) is 1. The first-order chi connectivity index (χ1) is 8.58. The van der Waals surface area contributed by atoms with Crippen LogP contribution in [0, 0.1) is 0 Å². The molecule has 1 saturated carbocycles. The van der Waals surface area contributed by atoms with E-state index in [1.165, 1.54) is 16.2 Å². The largest absolute Gasteiger partial charge is 0.480 e. The van der Waals surface area contributed by atoms with Crippen LogP contribution < -0.4 is 0 Å². The van der Waals surface area contributed by atoms with Gasteiger partial charge in [-0.1, -0.05) is 12.8 Å². The lowest BCUT2D eigenvalue weighted by atomic mass is 10.1. The number of carbonyl (C=O) groups is 2. The smallest absolute Gasteiger partial charge is 0.323 e. The number of nitrogens with zero attached hydrogens (tertiary/aromatic N) is 1. The highest BCUT2D eigenvalue weighted by molar-refractivity contribution is 9.11. The van der Waals surface area contributed by atoms with Crippen molar-refractivity contribution >= 4 is 39.1 Å². The molecule has 1 aromatic heterocycles. The zero-order chi connectivity index (χ0) is 13.1. The number of carbonyl (C=O) groups excluding carboxylic acids is 1. The van der Waals surface area contributed by atoms with Crippen LogP contribution in [0.15, 0.2) is 15.2 Å². The molecule has 1 aliphatic rings. The minimum Gasteiger partial charge on any atom is -0.480 e. The number of rotatable bonds is 4. The molecule has 18 heavy (non-hydrogen) atoms. The number of amides is 1. The molecule has 4 nitrogen and oxygen atoms in total. The molecule has 0 saturated heterocycles. The molecular weight excluding hydrogens is 318 g/mol. The van der Waals surface area contributed by atoms with E-state index in [1.807, 2.05) is 0 Å². The maximum absolute atomic E-state index is 12.3. The molecule has 6 heteroatoms. The molecule has 0 spiro atoms. The number of hydrogen-bond donors (Lipinski definition) is 1. The number of halogens is 1. The van der Waals surface area contributed by atoms with Gasteiger partial charge < -0.3 is 10.0 Å². The van der Waals surface area contributed by atoms with Crippen molar-refractivity contribution in [2.75, 3.05) is 6.54 Å². The molecule has 2 rings (SSSR count). The maximum Gasteiger partial charge on any atom is 0.323 e. The first kappa shape index (κ1) is 13.5. The fraction of sp³-hybridized carbons (Fsp3) is 0.500. The molecule has 0 bridgehead atoms. The molecule has 0 aromatic carbocycles. The van der Waals surface area contributed by atoms with Crippen molar-refractivity contribution in [1.82, 2.24) is 4.90 Å². The average molecular weight is 332 g/mol. The molecule has 0 radical (unpaired) electrons. The Morgan fingerprint density at radius 3 is 2.61 bits per heavy atom. The summed E-state index contributed by atoms with van der Waals surface area (Å²) in [5.74, 6) is -1.13. The lowest BCUT2D eigenvalue weighted by Gasteiger charge is -2.27. The lowest BCUT2D eigenvalue weighted by Crippen LogP contribution is -2.42. The van der Waals surface area contributed by atoms with Gasteiger partial charge >= 0.3 is 5.97 Å². The predicted octanol–water partition coefficient (Wildman–Crippen LogP) is 2.98. The van der Waals surface area contributed by atoms with Gasteiger partial charge in [0.15, 0.2) is 0 Å². The standard InChI is InChI=1S/C12H14BrNO3S/c13-10-5-8(7-18-10)12(17)14(6-11(15)16)9-3-1-2-4-9/h5,7,9H,1-4,6H2,(H,15,16). The van der Waals surface area contributed by atoms with Crippen molar-refractivity contribution < 1.29 is 14.7 Å². The maximum atomic E-state index is 12.3. The predicted molar refractivity (Wildman–Crippen MR) is 72.9 cm³/mol. The molecule has 1 N–H and O–H groups in total. The van der Waals surface area contributed by atoms with Crippen LogP contribution in [0.5, 0.6) is 0 Å². The van der Waals surface area contributed by atoms with Gasteiger partial charge in [-0.25, -0.2) is 0 Å². The van der Waals surface area contributed by atoms with Gasteiger partial charge in [0, 0.05) is 11.4 Å². The topological polar surface area (TPSA) is 57.6 Å². The monoisotopic (exact) mass is 331 g/mol. The molecule has 0 unspecified atom stereocenters. The van der Waals surface area contributed by atoms with Gasteiger partial charge in [-0.2, -0.15) is 0 Å². The Labute approximate surface area is 118 Å². The summed E-state index contributed by atoms with van der Waals surface area (Å²) in [6, 6.07) is 1.82. The van der Waals surface area contributed by atoms with Crippen molar-refractivity contribution in [2.24, 2.45) is 0 Å². The lowest BCUT2D eigenvalue weighted by molar-refractivity contribution is -0.138. The van der Waals surface area contributed by atoms with E-state index < -0.39 is 5.97 Å². The SMILES string of the molecule is O=C(O)CN(C(=O)c1csc(Br)c1)C1CCCC1. The summed E-state index contributed by atoms with van der Waals surface area (Å²) >= 11 is 4.75. The van der Waals surface area contributed by atoms with Crippen molar-refractivity contribution in [1.29, 1.82) is 0 Å². The van der Waals surface area contributed by atoms with Crippen molar-refractivity contribution in [3.63, 3.8) is 0 Å². The van der Waals surface area contributed by atoms with Gasteiger partial charge in [-0.05, 0) is 34.8 Å². The fourth-order valence-corrected chi connectivity index (χ4v) is 3.45. The Balaban J connectivity index is 2.17. The quantitative estimate of drug-likeness (QED) is 0.922. The summed E-state index contributed by atoms with van der Waals surface area (Å²) in [5.41, 5.74) is 0.569. The van der Waals surface area contributed by atoms with Gasteiger partial charge in [0.25, 0.3) is 5.91 Å². The molecular formula is C12H14BrNO3S. The Hall–Kier alpha value is -0.880. The molecule has 98 valence electrons. The Bertz CT molecular complexity index is 454. The van der Waals surface area contributed by atoms with Crippen LogP contribution in [0.4, 0.5) is 0 Å². The zero-order valence-electron chi connectivity index (χ0n) is 9.76. The Kier molecular flexibility index (Phi) is 4.40. The third kappa shape index (κ3) is 3.11. The third-order valence-electron chi connectivity index (χ3n) is 3.15. The van der Waals surface area contributed by atoms with E-state index in [-0.39, 0.29) is 18.5 Å². The van der Waals surface area contributed by atoms with Crippen molar-refractivity contribution in [3.8, 4) is 0 Å². The van der Waals surface area contributed by atoms with Gasteiger partial charge in [0.1, 0.15) is 6.54 Å². The number of aliphatic carboxylic acids is 1. The summed E-state index contributed by atoms with van der Waals surface area (Å²) in [5, 5.41) is 10.7. The third-order valence-corrected chi connectivity index (χ3v) is 4.65. The van der Waals surface area contributed by atoms with E-state index in [4.69, 9.17) is 5.11 Å². The first-order valence-electron chi connectivity index (χ1n) is 5.84. The highest BCUT2D eigenvalue weighted by Gasteiger charge is 2.29. The zero-order valence-corrected chi connectivity index (χ0v) is 12.2. The number of carboxylic acids is 1. The van der Waals surface area contributed by atoms with E-state index in [9.17, 15) is 9.59 Å². The van der Waals surface area contributed by atoms with Crippen LogP contribution in [0.1, 0.15) is 36.0 Å². The molecule has 0 atom stereocenters. The van der Waals surface area contributed by atoms with Crippen LogP contribution in [-0.2, 0) is 4.79 Å². The van der Waals surface area contributed by atoms with Gasteiger partial charge in [-0.15, -0.1) is 11.3 Å². The van der Waals surface area contributed by atoms with E-state index in [2.05, 4.69) is 15.9 Å². The summed E-state index contributed by atoms with van der Waals surface area (Å²) in [6.07, 6.45) is 3.96. The van der Waals surface area contributed by atoms with E-state index >= 15 is 0 Å². The van der Waals surface area contributed by atoms with Gasteiger partial charge in [0.05, 0.1) is 9.35 Å². The molecule has 1 aromatic rings. The van der Waals surface area contributed by atoms with E-state index in [0.29, 0.717) is 5.56 Å². The Morgan fingerprint density at radius 2 is 2.11 bits per heavy atom.